The molecular formula is C17H28N6O2. The normalized spacial score (nSPS) is 21.8. The SMILES string of the molecule is O=CN1CCN(C[C@@H](O)CN2CCCN(c3ncccn3)CC2)CC1. The molecule has 2 aliphatic rings. The molecule has 0 radical (unpaired) electrons. The van der Waals surface area contributed by atoms with E-state index in [4.69, 9.17) is 0 Å². The van der Waals surface area contributed by atoms with Crippen LogP contribution in [0.2, 0.25) is 0 Å². The zero-order valence-corrected chi connectivity index (χ0v) is 14.7. The number of piperazine rings is 1. The smallest absolute Gasteiger partial charge is 0.225 e. The first-order valence-corrected chi connectivity index (χ1v) is 9.08. The maximum atomic E-state index is 10.8. The van der Waals surface area contributed by atoms with Crippen molar-refractivity contribution in [3.63, 3.8) is 0 Å². The van der Waals surface area contributed by atoms with Crippen LogP contribution in [0.4, 0.5) is 5.95 Å². The standard InChI is InChI=1S/C17H28N6O2/c24-15-22-9-7-21(8-10-22)14-16(25)13-20-5-2-6-23(12-11-20)17-18-3-1-4-19-17/h1,3-4,15-16,25H,2,5-14H2/t16-/m0/s1. The van der Waals surface area contributed by atoms with Gasteiger partial charge in [-0.25, -0.2) is 9.97 Å². The number of rotatable bonds is 6. The van der Waals surface area contributed by atoms with E-state index in [0.29, 0.717) is 13.1 Å². The number of aliphatic hydroxyl groups excluding tert-OH is 1. The summed E-state index contributed by atoms with van der Waals surface area (Å²) in [6.07, 6.45) is 5.15. The lowest BCUT2D eigenvalue weighted by Gasteiger charge is -2.34. The summed E-state index contributed by atoms with van der Waals surface area (Å²) in [5.41, 5.74) is 0. The number of nitrogens with zero attached hydrogens (tertiary/aromatic N) is 6. The van der Waals surface area contributed by atoms with Crippen LogP contribution in [0.25, 0.3) is 0 Å². The Bertz CT molecular complexity index is 523. The highest BCUT2D eigenvalue weighted by atomic mass is 16.3. The van der Waals surface area contributed by atoms with Gasteiger partial charge in [-0.1, -0.05) is 0 Å². The summed E-state index contributed by atoms with van der Waals surface area (Å²) >= 11 is 0. The molecule has 3 rings (SSSR count). The number of amides is 1. The Morgan fingerprint density at radius 1 is 0.960 bits per heavy atom. The topological polar surface area (TPSA) is 76.0 Å². The van der Waals surface area contributed by atoms with Crippen molar-refractivity contribution < 1.29 is 9.90 Å². The monoisotopic (exact) mass is 348 g/mol. The molecule has 2 fully saturated rings. The van der Waals surface area contributed by atoms with Gasteiger partial charge in [0.05, 0.1) is 6.10 Å². The van der Waals surface area contributed by atoms with Crippen molar-refractivity contribution in [1.29, 1.82) is 0 Å². The number of carbonyl (C=O) groups excluding carboxylic acids is 1. The van der Waals surface area contributed by atoms with Crippen molar-refractivity contribution in [3.8, 4) is 0 Å². The molecule has 0 unspecified atom stereocenters. The fourth-order valence-corrected chi connectivity index (χ4v) is 3.51. The van der Waals surface area contributed by atoms with Crippen molar-refractivity contribution in [2.75, 3.05) is 70.3 Å². The first-order valence-electron chi connectivity index (χ1n) is 9.08. The minimum absolute atomic E-state index is 0.359. The summed E-state index contributed by atoms with van der Waals surface area (Å²) in [5.74, 6) is 0.790. The van der Waals surface area contributed by atoms with E-state index in [1.54, 1.807) is 17.3 Å². The van der Waals surface area contributed by atoms with Crippen LogP contribution < -0.4 is 4.90 Å². The zero-order chi connectivity index (χ0) is 17.5. The van der Waals surface area contributed by atoms with Gasteiger partial charge in [0.25, 0.3) is 0 Å². The van der Waals surface area contributed by atoms with Gasteiger partial charge in [0.2, 0.25) is 12.4 Å². The number of β-amino-alcohol motifs (C(OH)–C–C–N with tert-alkyl or cyclic N) is 1. The third-order valence-corrected chi connectivity index (χ3v) is 4.92. The first-order chi connectivity index (χ1) is 12.2. The third kappa shape index (κ3) is 5.35. The maximum Gasteiger partial charge on any atom is 0.225 e. The Morgan fingerprint density at radius 2 is 1.60 bits per heavy atom. The van der Waals surface area contributed by atoms with Crippen LogP contribution in [0, 0.1) is 0 Å². The molecular weight excluding hydrogens is 320 g/mol. The van der Waals surface area contributed by atoms with Crippen LogP contribution in [0.3, 0.4) is 0 Å². The van der Waals surface area contributed by atoms with Crippen LogP contribution in [-0.4, -0.2) is 108 Å². The fraction of sp³-hybridized carbons (Fsp3) is 0.706. The first kappa shape index (κ1) is 18.0. The predicted octanol–water partition coefficient (Wildman–Crippen LogP) is -0.876. The van der Waals surface area contributed by atoms with Crippen LogP contribution in [0.15, 0.2) is 18.5 Å². The molecule has 0 saturated carbocycles. The van der Waals surface area contributed by atoms with Crippen molar-refractivity contribution in [2.45, 2.75) is 12.5 Å². The molecule has 1 aromatic rings. The van der Waals surface area contributed by atoms with Crippen molar-refractivity contribution >= 4 is 12.4 Å². The van der Waals surface area contributed by atoms with Crippen molar-refractivity contribution in [1.82, 2.24) is 24.7 Å². The van der Waals surface area contributed by atoms with E-state index < -0.39 is 0 Å². The molecule has 1 amide bonds. The van der Waals surface area contributed by atoms with Crippen LogP contribution in [0.1, 0.15) is 6.42 Å². The minimum Gasteiger partial charge on any atom is -0.390 e. The third-order valence-electron chi connectivity index (χ3n) is 4.92. The van der Waals surface area contributed by atoms with E-state index in [1.807, 2.05) is 6.07 Å². The summed E-state index contributed by atoms with van der Waals surface area (Å²) in [6, 6.07) is 1.83. The van der Waals surface area contributed by atoms with Gasteiger partial charge in [-0.2, -0.15) is 0 Å². The molecule has 3 heterocycles. The quantitative estimate of drug-likeness (QED) is 0.669. The Labute approximate surface area is 149 Å². The van der Waals surface area contributed by atoms with Crippen LogP contribution in [0.5, 0.6) is 0 Å². The highest BCUT2D eigenvalue weighted by molar-refractivity contribution is 5.47. The molecule has 0 aromatic carbocycles. The number of anilines is 1. The lowest BCUT2D eigenvalue weighted by atomic mass is 10.2. The largest absolute Gasteiger partial charge is 0.390 e. The number of carbonyl (C=O) groups is 1. The Morgan fingerprint density at radius 3 is 2.28 bits per heavy atom. The summed E-state index contributed by atoms with van der Waals surface area (Å²) in [4.78, 5) is 28.0. The number of aliphatic hydroxyl groups is 1. The summed E-state index contributed by atoms with van der Waals surface area (Å²) in [6.45, 7) is 8.29. The summed E-state index contributed by atoms with van der Waals surface area (Å²) in [5, 5.41) is 10.4. The van der Waals surface area contributed by atoms with Gasteiger partial charge in [-0.05, 0) is 19.0 Å². The Balaban J connectivity index is 1.41. The van der Waals surface area contributed by atoms with E-state index in [9.17, 15) is 9.90 Å². The number of aromatic nitrogens is 2. The average Bonchev–Trinajstić information content (AvgIpc) is 2.88. The van der Waals surface area contributed by atoms with E-state index in [0.717, 1.165) is 71.1 Å². The molecule has 25 heavy (non-hydrogen) atoms. The number of hydrogen-bond donors (Lipinski definition) is 1. The van der Waals surface area contributed by atoms with Crippen LogP contribution in [-0.2, 0) is 4.79 Å². The number of hydrogen-bond acceptors (Lipinski definition) is 7. The van der Waals surface area contributed by atoms with Gasteiger partial charge in [-0.3, -0.25) is 14.6 Å². The second-order valence-corrected chi connectivity index (χ2v) is 6.79. The van der Waals surface area contributed by atoms with Crippen molar-refractivity contribution in [3.05, 3.63) is 18.5 Å². The zero-order valence-electron chi connectivity index (χ0n) is 14.7. The van der Waals surface area contributed by atoms with Gasteiger partial charge in [-0.15, -0.1) is 0 Å². The van der Waals surface area contributed by atoms with E-state index in [-0.39, 0.29) is 6.10 Å². The predicted molar refractivity (Wildman–Crippen MR) is 95.4 cm³/mol. The molecule has 1 aromatic heterocycles. The molecule has 8 heteroatoms. The molecule has 1 atom stereocenters. The fourth-order valence-electron chi connectivity index (χ4n) is 3.51. The maximum absolute atomic E-state index is 10.8. The Kier molecular flexibility index (Phi) is 6.55. The van der Waals surface area contributed by atoms with Gasteiger partial charge < -0.3 is 14.9 Å². The van der Waals surface area contributed by atoms with Gasteiger partial charge in [0, 0.05) is 71.3 Å². The molecule has 2 saturated heterocycles. The van der Waals surface area contributed by atoms with E-state index in [2.05, 4.69) is 24.7 Å². The molecule has 0 bridgehead atoms. The van der Waals surface area contributed by atoms with Crippen molar-refractivity contribution in [2.24, 2.45) is 0 Å². The highest BCUT2D eigenvalue weighted by Gasteiger charge is 2.22. The van der Waals surface area contributed by atoms with E-state index >= 15 is 0 Å². The van der Waals surface area contributed by atoms with Gasteiger partial charge in [0.1, 0.15) is 0 Å². The molecule has 2 aliphatic heterocycles. The molecule has 0 spiro atoms. The van der Waals surface area contributed by atoms with Gasteiger partial charge in [0.15, 0.2) is 0 Å². The Hall–Kier alpha value is -1.77. The molecule has 0 aliphatic carbocycles. The second-order valence-electron chi connectivity index (χ2n) is 6.79. The average molecular weight is 348 g/mol. The summed E-state index contributed by atoms with van der Waals surface area (Å²) < 4.78 is 0. The molecule has 1 N–H and O–H groups in total. The minimum atomic E-state index is -0.359. The molecule has 138 valence electrons. The lowest BCUT2D eigenvalue weighted by molar-refractivity contribution is -0.119. The molecule has 8 nitrogen and oxygen atoms in total. The second kappa shape index (κ2) is 9.07. The van der Waals surface area contributed by atoms with Gasteiger partial charge >= 0.3 is 0 Å². The summed E-state index contributed by atoms with van der Waals surface area (Å²) in [7, 11) is 0. The van der Waals surface area contributed by atoms with E-state index in [1.165, 1.54) is 0 Å². The van der Waals surface area contributed by atoms with Crippen LogP contribution >= 0.6 is 0 Å². The highest BCUT2D eigenvalue weighted by Crippen LogP contribution is 2.11. The lowest BCUT2D eigenvalue weighted by Crippen LogP contribution is -2.49.